The summed E-state index contributed by atoms with van der Waals surface area (Å²) in [7, 11) is 0. The van der Waals surface area contributed by atoms with Gasteiger partial charge in [0.05, 0.1) is 11.6 Å². The molecule has 3 aromatic carbocycles. The Morgan fingerprint density at radius 1 is 0.730 bits per heavy atom. The molecule has 37 heavy (non-hydrogen) atoms. The molecule has 4 aromatic rings. The summed E-state index contributed by atoms with van der Waals surface area (Å²) in [5, 5.41) is 18.3. The van der Waals surface area contributed by atoms with Crippen LogP contribution in [-0.2, 0) is 13.1 Å². The molecule has 0 bridgehead atoms. The average Bonchev–Trinajstić information content (AvgIpc) is 2.92. The highest BCUT2D eigenvalue weighted by Gasteiger charge is 2.08. The van der Waals surface area contributed by atoms with E-state index >= 15 is 0 Å². The molecule has 0 unspecified atom stereocenters. The summed E-state index contributed by atoms with van der Waals surface area (Å²) in [5.74, 6) is 0.0493. The second-order valence-electron chi connectivity index (χ2n) is 7.66. The summed E-state index contributed by atoms with van der Waals surface area (Å²) >= 11 is 5.30. The van der Waals surface area contributed by atoms with Crippen LogP contribution in [-0.4, -0.2) is 20.1 Å². The molecule has 0 atom stereocenters. The number of benzene rings is 3. The van der Waals surface area contributed by atoms with Crippen LogP contribution in [0, 0.1) is 23.0 Å². The van der Waals surface area contributed by atoms with Crippen LogP contribution < -0.4 is 26.8 Å². The van der Waals surface area contributed by atoms with Crippen molar-refractivity contribution in [3.05, 3.63) is 101 Å². The molecule has 12 heteroatoms. The van der Waals surface area contributed by atoms with Gasteiger partial charge in [0.15, 0.2) is 5.11 Å². The van der Waals surface area contributed by atoms with Gasteiger partial charge in [-0.1, -0.05) is 24.3 Å². The van der Waals surface area contributed by atoms with E-state index in [1.165, 1.54) is 24.3 Å². The fourth-order valence-electron chi connectivity index (χ4n) is 3.06. The summed E-state index contributed by atoms with van der Waals surface area (Å²) in [6.07, 6.45) is 0. The molecule has 0 radical (unpaired) electrons. The number of aromatic nitrogens is 3. The number of hydrazine groups is 1. The number of thiocarbonyl (C=S) groups is 1. The molecule has 4 rings (SSSR count). The van der Waals surface area contributed by atoms with Gasteiger partial charge in [-0.15, -0.1) is 0 Å². The fourth-order valence-corrected chi connectivity index (χ4v) is 3.23. The van der Waals surface area contributed by atoms with Crippen molar-refractivity contribution in [2.24, 2.45) is 0 Å². The Labute approximate surface area is 217 Å². The third kappa shape index (κ3) is 7.81. The maximum atomic E-state index is 13.2. The van der Waals surface area contributed by atoms with Gasteiger partial charge in [-0.3, -0.25) is 10.9 Å². The lowest BCUT2D eigenvalue weighted by Crippen LogP contribution is -2.34. The van der Waals surface area contributed by atoms with E-state index in [2.05, 4.69) is 47.8 Å². The molecule has 0 aliphatic heterocycles. The average molecular weight is 518 g/mol. The topological polar surface area (TPSA) is 123 Å². The number of hydrogen-bond donors (Lipinski definition) is 5. The molecular formula is C25H21F2N9S. The summed E-state index contributed by atoms with van der Waals surface area (Å²) in [6.45, 7) is 0.709. The van der Waals surface area contributed by atoms with E-state index in [0.29, 0.717) is 24.3 Å². The minimum atomic E-state index is -0.320. The van der Waals surface area contributed by atoms with Crippen LogP contribution in [0.2, 0.25) is 0 Å². The second-order valence-corrected chi connectivity index (χ2v) is 8.07. The van der Waals surface area contributed by atoms with E-state index in [1.807, 2.05) is 0 Å². The lowest BCUT2D eigenvalue weighted by molar-refractivity contribution is 0.626. The molecular weight excluding hydrogens is 496 g/mol. The minimum Gasteiger partial charge on any atom is -0.350 e. The van der Waals surface area contributed by atoms with Crippen molar-refractivity contribution in [3.63, 3.8) is 0 Å². The number of halogens is 2. The zero-order valence-electron chi connectivity index (χ0n) is 19.3. The van der Waals surface area contributed by atoms with Gasteiger partial charge in [0.1, 0.15) is 11.6 Å². The van der Waals surface area contributed by atoms with Crippen LogP contribution in [0.15, 0.2) is 72.8 Å². The number of rotatable bonds is 9. The van der Waals surface area contributed by atoms with Gasteiger partial charge in [-0.2, -0.15) is 20.2 Å². The molecule has 0 fully saturated rings. The van der Waals surface area contributed by atoms with Gasteiger partial charge in [0.2, 0.25) is 17.8 Å². The minimum absolute atomic E-state index is 0.169. The molecule has 9 nitrogen and oxygen atoms in total. The normalized spacial score (nSPS) is 10.2. The van der Waals surface area contributed by atoms with E-state index in [0.717, 1.165) is 11.1 Å². The van der Waals surface area contributed by atoms with Crippen molar-refractivity contribution in [1.82, 2.24) is 20.4 Å². The van der Waals surface area contributed by atoms with Gasteiger partial charge in [-0.25, -0.2) is 8.78 Å². The highest BCUT2D eigenvalue weighted by atomic mass is 32.1. The third-order valence-corrected chi connectivity index (χ3v) is 5.13. The van der Waals surface area contributed by atoms with Crippen LogP contribution in [0.25, 0.3) is 0 Å². The van der Waals surface area contributed by atoms with E-state index in [-0.39, 0.29) is 34.6 Å². The first-order chi connectivity index (χ1) is 18.0. The molecule has 0 aliphatic carbocycles. The predicted octanol–water partition coefficient (Wildman–Crippen LogP) is 4.56. The van der Waals surface area contributed by atoms with Crippen LogP contribution in [0.5, 0.6) is 0 Å². The van der Waals surface area contributed by atoms with E-state index < -0.39 is 0 Å². The molecule has 0 saturated carbocycles. The Hall–Kier alpha value is -4.89. The van der Waals surface area contributed by atoms with Crippen molar-refractivity contribution in [2.45, 2.75) is 13.1 Å². The molecule has 1 heterocycles. The van der Waals surface area contributed by atoms with Crippen molar-refractivity contribution in [1.29, 1.82) is 5.26 Å². The maximum Gasteiger partial charge on any atom is 0.248 e. The highest BCUT2D eigenvalue weighted by Crippen LogP contribution is 2.13. The van der Waals surface area contributed by atoms with Crippen LogP contribution >= 0.6 is 12.2 Å². The van der Waals surface area contributed by atoms with E-state index in [1.54, 1.807) is 48.5 Å². The number of hydrogen-bond acceptors (Lipinski definition) is 8. The molecule has 5 N–H and O–H groups in total. The number of nitriles is 1. The first-order valence-electron chi connectivity index (χ1n) is 11.0. The SMILES string of the molecule is N#Cc1ccc(NC(=S)NNc2nc(NCc3ccc(F)cc3)nc(NCc3ccc(F)cc3)n2)cc1. The Balaban J connectivity index is 1.43. The molecule has 186 valence electrons. The first kappa shape index (κ1) is 25.2. The lowest BCUT2D eigenvalue weighted by atomic mass is 10.2. The number of anilines is 4. The van der Waals surface area contributed by atoms with Gasteiger partial charge < -0.3 is 16.0 Å². The van der Waals surface area contributed by atoms with Crippen LogP contribution in [0.1, 0.15) is 16.7 Å². The van der Waals surface area contributed by atoms with Gasteiger partial charge in [0, 0.05) is 18.8 Å². The van der Waals surface area contributed by atoms with Crippen molar-refractivity contribution in [3.8, 4) is 6.07 Å². The fraction of sp³-hybridized carbons (Fsp3) is 0.0800. The third-order valence-electron chi connectivity index (χ3n) is 4.92. The number of nitrogens with zero attached hydrogens (tertiary/aromatic N) is 4. The Morgan fingerprint density at radius 2 is 1.22 bits per heavy atom. The van der Waals surface area contributed by atoms with Crippen LogP contribution in [0.3, 0.4) is 0 Å². The van der Waals surface area contributed by atoms with Gasteiger partial charge >= 0.3 is 0 Å². The summed E-state index contributed by atoms with van der Waals surface area (Å²) in [6, 6.07) is 21.0. The second kappa shape index (κ2) is 12.2. The zero-order chi connectivity index (χ0) is 26.0. The molecule has 0 amide bonds. The zero-order valence-corrected chi connectivity index (χ0v) is 20.1. The molecule has 0 aliphatic rings. The van der Waals surface area contributed by atoms with Crippen molar-refractivity contribution in [2.75, 3.05) is 21.4 Å². The largest absolute Gasteiger partial charge is 0.350 e. The maximum absolute atomic E-state index is 13.2. The quantitative estimate of drug-likeness (QED) is 0.160. The Bertz CT molecular complexity index is 1320. The highest BCUT2D eigenvalue weighted by molar-refractivity contribution is 7.80. The van der Waals surface area contributed by atoms with Gasteiger partial charge in [0.25, 0.3) is 0 Å². The molecule has 0 spiro atoms. The van der Waals surface area contributed by atoms with Crippen molar-refractivity contribution >= 4 is 40.9 Å². The summed E-state index contributed by atoms with van der Waals surface area (Å²) in [5.41, 5.74) is 8.54. The standard InChI is InChI=1S/C25H21F2N9S/c26-19-7-1-17(2-8-19)14-29-22-32-23(30-15-18-3-9-20(27)10-4-18)34-24(33-22)35-36-25(37)31-21-11-5-16(13-28)6-12-21/h1-12H,14-15H2,(H2,31,36,37)(H3,29,30,32,33,34,35). The van der Waals surface area contributed by atoms with Gasteiger partial charge in [-0.05, 0) is 71.9 Å². The molecule has 1 aromatic heterocycles. The summed E-state index contributed by atoms with van der Waals surface area (Å²) in [4.78, 5) is 13.1. The Morgan fingerprint density at radius 3 is 1.70 bits per heavy atom. The molecule has 0 saturated heterocycles. The number of nitrogens with one attached hydrogen (secondary N) is 5. The summed E-state index contributed by atoms with van der Waals surface area (Å²) < 4.78 is 26.4. The monoisotopic (exact) mass is 517 g/mol. The van der Waals surface area contributed by atoms with Crippen molar-refractivity contribution < 1.29 is 8.78 Å². The smallest absolute Gasteiger partial charge is 0.248 e. The van der Waals surface area contributed by atoms with E-state index in [9.17, 15) is 8.78 Å². The van der Waals surface area contributed by atoms with Crippen LogP contribution in [0.4, 0.5) is 32.3 Å². The first-order valence-corrected chi connectivity index (χ1v) is 11.4. The lowest BCUT2D eigenvalue weighted by Gasteiger charge is -2.14. The van der Waals surface area contributed by atoms with E-state index in [4.69, 9.17) is 17.5 Å². The Kier molecular flexibility index (Phi) is 8.30. The predicted molar refractivity (Wildman–Crippen MR) is 141 cm³/mol.